The smallest absolute Gasteiger partial charge is 0.333 e. The lowest BCUT2D eigenvalue weighted by Gasteiger charge is -2.55. The monoisotopic (exact) mass is 364 g/mol. The van der Waals surface area contributed by atoms with Crippen molar-refractivity contribution >= 4 is 17.7 Å². The van der Waals surface area contributed by atoms with Gasteiger partial charge < -0.3 is 14.9 Å². The SMILES string of the molecule is C/C=C(/C)C(=O)O[C@H]1CC[C@]2(O)CC(=O)C([C@@H](C)C(=O)O)=C[C@]2(C)[C@H]1C. The molecule has 0 aliphatic heterocycles. The van der Waals surface area contributed by atoms with Crippen molar-refractivity contribution in [2.45, 2.75) is 65.6 Å². The van der Waals surface area contributed by atoms with Crippen molar-refractivity contribution in [1.82, 2.24) is 0 Å². The average Bonchev–Trinajstić information content (AvgIpc) is 2.58. The summed E-state index contributed by atoms with van der Waals surface area (Å²) in [6.07, 6.45) is 3.56. The molecule has 0 aromatic rings. The number of carbonyl (C=O) groups excluding carboxylic acids is 2. The van der Waals surface area contributed by atoms with Crippen LogP contribution < -0.4 is 0 Å². The van der Waals surface area contributed by atoms with Crippen molar-refractivity contribution in [3.05, 3.63) is 23.3 Å². The molecule has 0 aromatic carbocycles. The first-order valence-corrected chi connectivity index (χ1v) is 9.02. The molecular weight excluding hydrogens is 336 g/mol. The van der Waals surface area contributed by atoms with E-state index in [1.165, 1.54) is 6.92 Å². The summed E-state index contributed by atoms with van der Waals surface area (Å²) in [5.41, 5.74) is -1.39. The van der Waals surface area contributed by atoms with Gasteiger partial charge in [0, 0.05) is 28.9 Å². The van der Waals surface area contributed by atoms with Crippen LogP contribution in [0.5, 0.6) is 0 Å². The van der Waals surface area contributed by atoms with Gasteiger partial charge in [-0.05, 0) is 33.6 Å². The van der Waals surface area contributed by atoms with Gasteiger partial charge in [0.05, 0.1) is 11.5 Å². The Bertz CT molecular complexity index is 690. The van der Waals surface area contributed by atoms with Crippen LogP contribution in [0.2, 0.25) is 0 Å². The Balaban J connectivity index is 2.40. The molecule has 2 N–H and O–H groups in total. The Morgan fingerprint density at radius 1 is 1.42 bits per heavy atom. The van der Waals surface area contributed by atoms with Crippen LogP contribution >= 0.6 is 0 Å². The number of ketones is 1. The van der Waals surface area contributed by atoms with Gasteiger partial charge in [-0.1, -0.05) is 26.0 Å². The molecule has 0 heterocycles. The van der Waals surface area contributed by atoms with Crippen molar-refractivity contribution in [3.8, 4) is 0 Å². The number of carboxylic acids is 1. The zero-order valence-electron chi connectivity index (χ0n) is 16.0. The molecule has 2 aliphatic rings. The van der Waals surface area contributed by atoms with Gasteiger partial charge in [-0.2, -0.15) is 0 Å². The normalized spacial score (nSPS) is 36.0. The first kappa shape index (κ1) is 20.4. The van der Waals surface area contributed by atoms with E-state index >= 15 is 0 Å². The number of carbonyl (C=O) groups is 3. The molecule has 0 aromatic heterocycles. The van der Waals surface area contributed by atoms with Crippen molar-refractivity contribution in [2.24, 2.45) is 17.3 Å². The van der Waals surface area contributed by atoms with E-state index < -0.39 is 35.0 Å². The van der Waals surface area contributed by atoms with Gasteiger partial charge in [0.1, 0.15) is 6.10 Å². The molecule has 0 amide bonds. The number of allylic oxidation sites excluding steroid dienone is 1. The summed E-state index contributed by atoms with van der Waals surface area (Å²) in [6.45, 7) is 8.61. The zero-order chi connectivity index (χ0) is 19.9. The molecule has 144 valence electrons. The minimum Gasteiger partial charge on any atom is -0.481 e. The molecule has 1 fully saturated rings. The number of ether oxygens (including phenoxy) is 1. The topological polar surface area (TPSA) is 101 Å². The zero-order valence-corrected chi connectivity index (χ0v) is 16.0. The fourth-order valence-electron chi connectivity index (χ4n) is 4.03. The van der Waals surface area contributed by atoms with Crippen LogP contribution in [0, 0.1) is 17.3 Å². The Morgan fingerprint density at radius 2 is 2.04 bits per heavy atom. The highest BCUT2D eigenvalue weighted by Crippen LogP contribution is 2.55. The molecule has 2 rings (SSSR count). The van der Waals surface area contributed by atoms with E-state index in [2.05, 4.69) is 0 Å². The van der Waals surface area contributed by atoms with Crippen LogP contribution in [-0.4, -0.2) is 39.6 Å². The molecule has 0 radical (unpaired) electrons. The van der Waals surface area contributed by atoms with Crippen LogP contribution in [0.3, 0.4) is 0 Å². The third-order valence-corrected chi connectivity index (χ3v) is 6.43. The van der Waals surface area contributed by atoms with Crippen molar-refractivity contribution in [2.75, 3.05) is 0 Å². The van der Waals surface area contributed by atoms with Crippen molar-refractivity contribution in [3.63, 3.8) is 0 Å². The molecule has 0 saturated heterocycles. The number of aliphatic hydroxyl groups is 1. The first-order chi connectivity index (χ1) is 12.0. The van der Waals surface area contributed by atoms with Crippen LogP contribution in [0.15, 0.2) is 23.3 Å². The van der Waals surface area contributed by atoms with Gasteiger partial charge in [0.25, 0.3) is 0 Å². The van der Waals surface area contributed by atoms with E-state index in [4.69, 9.17) is 4.74 Å². The van der Waals surface area contributed by atoms with E-state index in [-0.39, 0.29) is 23.7 Å². The number of esters is 1. The van der Waals surface area contributed by atoms with Crippen molar-refractivity contribution < 1.29 is 29.3 Å². The predicted molar refractivity (Wildman–Crippen MR) is 95.3 cm³/mol. The predicted octanol–water partition coefficient (Wildman–Crippen LogP) is 2.65. The lowest BCUT2D eigenvalue weighted by atomic mass is 9.53. The molecule has 6 heteroatoms. The Morgan fingerprint density at radius 3 is 2.58 bits per heavy atom. The maximum absolute atomic E-state index is 12.5. The molecule has 5 atom stereocenters. The number of fused-ring (bicyclic) bond motifs is 1. The second-order valence-corrected chi connectivity index (χ2v) is 7.82. The molecule has 6 nitrogen and oxygen atoms in total. The van der Waals surface area contributed by atoms with E-state index in [1.54, 1.807) is 26.0 Å². The summed E-state index contributed by atoms with van der Waals surface area (Å²) in [5, 5.41) is 20.5. The highest BCUT2D eigenvalue weighted by Gasteiger charge is 2.58. The molecule has 26 heavy (non-hydrogen) atoms. The van der Waals surface area contributed by atoms with Crippen LogP contribution in [-0.2, 0) is 19.1 Å². The Labute approximate surface area is 153 Å². The van der Waals surface area contributed by atoms with Gasteiger partial charge in [-0.15, -0.1) is 0 Å². The second kappa shape index (κ2) is 6.99. The minimum absolute atomic E-state index is 0.105. The van der Waals surface area contributed by atoms with Gasteiger partial charge >= 0.3 is 11.9 Å². The quantitative estimate of drug-likeness (QED) is 0.587. The maximum Gasteiger partial charge on any atom is 0.333 e. The van der Waals surface area contributed by atoms with E-state index in [0.717, 1.165) is 0 Å². The van der Waals surface area contributed by atoms with Crippen LogP contribution in [0.4, 0.5) is 0 Å². The lowest BCUT2D eigenvalue weighted by molar-refractivity contribution is -0.179. The summed E-state index contributed by atoms with van der Waals surface area (Å²) in [6, 6.07) is 0. The van der Waals surface area contributed by atoms with E-state index in [0.29, 0.717) is 18.4 Å². The molecule has 2 aliphatic carbocycles. The van der Waals surface area contributed by atoms with E-state index in [9.17, 15) is 24.6 Å². The molecule has 1 saturated carbocycles. The first-order valence-electron chi connectivity index (χ1n) is 9.02. The highest BCUT2D eigenvalue weighted by atomic mass is 16.5. The second-order valence-electron chi connectivity index (χ2n) is 7.82. The van der Waals surface area contributed by atoms with Gasteiger partial charge in [-0.3, -0.25) is 9.59 Å². The highest BCUT2D eigenvalue weighted by molar-refractivity contribution is 6.01. The summed E-state index contributed by atoms with van der Waals surface area (Å²) < 4.78 is 5.64. The summed E-state index contributed by atoms with van der Waals surface area (Å²) in [7, 11) is 0. The number of hydrogen-bond acceptors (Lipinski definition) is 5. The number of rotatable bonds is 4. The minimum atomic E-state index is -1.26. The number of Topliss-reactive ketones (excluding diaryl/α,β-unsaturated/α-hetero) is 1. The number of hydrogen-bond donors (Lipinski definition) is 2. The van der Waals surface area contributed by atoms with Crippen LogP contribution in [0.1, 0.15) is 53.9 Å². The molecule has 0 bridgehead atoms. The van der Waals surface area contributed by atoms with Crippen LogP contribution in [0.25, 0.3) is 0 Å². The third-order valence-electron chi connectivity index (χ3n) is 6.43. The number of carboxylic acid groups (broad SMARTS) is 1. The van der Waals surface area contributed by atoms with Gasteiger partial charge in [0.15, 0.2) is 5.78 Å². The standard InChI is InChI=1S/C20H28O6/c1-6-11(2)18(24)26-16-7-8-20(25)10-15(21)14(12(3)17(22)23)9-19(20,5)13(16)4/h6,9,12-13,16,25H,7-8,10H2,1-5H3,(H,22,23)/b11-6-/t12-,13+,16+,19-,20+/m1/s1. The molecular formula is C20H28O6. The molecule has 0 unspecified atom stereocenters. The number of aliphatic carboxylic acids is 1. The summed E-state index contributed by atoms with van der Waals surface area (Å²) in [4.78, 5) is 36.0. The lowest BCUT2D eigenvalue weighted by Crippen LogP contribution is -2.60. The Kier molecular flexibility index (Phi) is 5.47. The fourth-order valence-corrected chi connectivity index (χ4v) is 4.03. The average molecular weight is 364 g/mol. The van der Waals surface area contributed by atoms with E-state index in [1.807, 2.05) is 13.8 Å². The summed E-state index contributed by atoms with van der Waals surface area (Å²) >= 11 is 0. The molecule has 0 spiro atoms. The summed E-state index contributed by atoms with van der Waals surface area (Å²) in [5.74, 6) is -3.00. The maximum atomic E-state index is 12.5. The largest absolute Gasteiger partial charge is 0.481 e. The third kappa shape index (κ3) is 3.22. The van der Waals surface area contributed by atoms with Gasteiger partial charge in [0.2, 0.25) is 0 Å². The van der Waals surface area contributed by atoms with Gasteiger partial charge in [-0.25, -0.2) is 4.79 Å². The van der Waals surface area contributed by atoms with Crippen molar-refractivity contribution in [1.29, 1.82) is 0 Å². The fraction of sp³-hybridized carbons (Fsp3) is 0.650. The Hall–Kier alpha value is -1.95.